The summed E-state index contributed by atoms with van der Waals surface area (Å²) >= 11 is 0. The van der Waals surface area contributed by atoms with Crippen molar-refractivity contribution in [3.05, 3.63) is 0 Å². The van der Waals surface area contributed by atoms with Crippen molar-refractivity contribution in [3.63, 3.8) is 0 Å². The van der Waals surface area contributed by atoms with Gasteiger partial charge in [-0.25, -0.2) is 0 Å². The van der Waals surface area contributed by atoms with Crippen LogP contribution in [0.5, 0.6) is 0 Å². The van der Waals surface area contributed by atoms with Crippen LogP contribution in [0.3, 0.4) is 0 Å². The largest absolute Gasteiger partial charge is 0.380 e. The second kappa shape index (κ2) is 8.90. The highest BCUT2D eigenvalue weighted by atomic mass is 16.5. The van der Waals surface area contributed by atoms with Crippen molar-refractivity contribution in [1.29, 1.82) is 0 Å². The molecule has 1 N–H and O–H groups in total. The zero-order valence-corrected chi connectivity index (χ0v) is 12.7. The van der Waals surface area contributed by atoms with Gasteiger partial charge in [0.25, 0.3) is 0 Å². The number of nitrogens with zero attached hydrogens (tertiary/aromatic N) is 1. The predicted octanol–water partition coefficient (Wildman–Crippen LogP) is 2.51. The van der Waals surface area contributed by atoms with Gasteiger partial charge in [-0.3, -0.25) is 4.90 Å². The van der Waals surface area contributed by atoms with Crippen LogP contribution in [-0.2, 0) is 4.74 Å². The van der Waals surface area contributed by atoms with E-state index in [2.05, 4.69) is 44.8 Å². The van der Waals surface area contributed by atoms with E-state index in [0.29, 0.717) is 6.04 Å². The van der Waals surface area contributed by atoms with Crippen LogP contribution in [0.15, 0.2) is 0 Å². The Morgan fingerprint density at radius 2 is 1.76 bits per heavy atom. The van der Waals surface area contributed by atoms with Crippen LogP contribution in [0, 0.1) is 0 Å². The minimum atomic E-state index is 0.173. The van der Waals surface area contributed by atoms with E-state index in [1.54, 1.807) is 0 Å². The van der Waals surface area contributed by atoms with Crippen LogP contribution in [-0.4, -0.2) is 49.8 Å². The summed E-state index contributed by atoms with van der Waals surface area (Å²) in [6, 6.07) is 0.388. The molecule has 2 atom stereocenters. The fraction of sp³-hybridized carbons (Fsp3) is 1.00. The summed E-state index contributed by atoms with van der Waals surface area (Å²) in [7, 11) is 2.04. The van der Waals surface area contributed by atoms with Crippen molar-refractivity contribution in [1.82, 2.24) is 10.2 Å². The molecule has 0 rings (SSSR count). The number of nitrogens with one attached hydrogen (secondary N) is 1. The molecular weight excluding hydrogens is 212 g/mol. The Bertz CT molecular complexity index is 183. The molecule has 0 aliphatic heterocycles. The van der Waals surface area contributed by atoms with E-state index in [-0.39, 0.29) is 5.54 Å². The van der Waals surface area contributed by atoms with Crippen molar-refractivity contribution >= 4 is 0 Å². The minimum absolute atomic E-state index is 0.173. The highest BCUT2D eigenvalue weighted by Gasteiger charge is 2.36. The zero-order chi connectivity index (χ0) is 13.3. The normalized spacial score (nSPS) is 17.1. The van der Waals surface area contributed by atoms with Gasteiger partial charge in [0.2, 0.25) is 0 Å². The average molecular weight is 244 g/mol. The van der Waals surface area contributed by atoms with Crippen LogP contribution in [0.4, 0.5) is 0 Å². The Balaban J connectivity index is 4.63. The SMILES string of the molecule is CCCOCC(NC)C(C)(CC)N(CC)CC. The van der Waals surface area contributed by atoms with Crippen molar-refractivity contribution in [2.45, 2.75) is 59.0 Å². The molecule has 3 heteroatoms. The second-order valence-electron chi connectivity index (χ2n) is 4.80. The molecule has 0 fully saturated rings. The molecule has 17 heavy (non-hydrogen) atoms. The molecule has 0 heterocycles. The van der Waals surface area contributed by atoms with E-state index in [4.69, 9.17) is 4.74 Å². The number of hydrogen-bond donors (Lipinski definition) is 1. The first-order valence-electron chi connectivity index (χ1n) is 7.10. The van der Waals surface area contributed by atoms with E-state index in [1.165, 1.54) is 0 Å². The van der Waals surface area contributed by atoms with Crippen molar-refractivity contribution in [2.24, 2.45) is 0 Å². The number of ether oxygens (including phenoxy) is 1. The maximum Gasteiger partial charge on any atom is 0.0637 e. The van der Waals surface area contributed by atoms with Gasteiger partial charge in [-0.1, -0.05) is 27.7 Å². The van der Waals surface area contributed by atoms with Gasteiger partial charge in [-0.2, -0.15) is 0 Å². The van der Waals surface area contributed by atoms with Gasteiger partial charge in [0.1, 0.15) is 0 Å². The Morgan fingerprint density at radius 1 is 1.18 bits per heavy atom. The Kier molecular flexibility index (Phi) is 8.83. The lowest BCUT2D eigenvalue weighted by molar-refractivity contribution is 0.0202. The van der Waals surface area contributed by atoms with Gasteiger partial charge in [0, 0.05) is 18.2 Å². The first kappa shape index (κ1) is 16.9. The summed E-state index contributed by atoms with van der Waals surface area (Å²) in [5, 5.41) is 3.43. The zero-order valence-electron chi connectivity index (χ0n) is 12.7. The van der Waals surface area contributed by atoms with Crippen LogP contribution < -0.4 is 5.32 Å². The average Bonchev–Trinajstić information content (AvgIpc) is 2.35. The lowest BCUT2D eigenvalue weighted by Gasteiger charge is -2.45. The van der Waals surface area contributed by atoms with Gasteiger partial charge in [-0.15, -0.1) is 0 Å². The molecule has 0 spiro atoms. The summed E-state index contributed by atoms with van der Waals surface area (Å²) in [6.45, 7) is 15.1. The van der Waals surface area contributed by atoms with Crippen molar-refractivity contribution in [3.8, 4) is 0 Å². The van der Waals surface area contributed by atoms with Gasteiger partial charge >= 0.3 is 0 Å². The summed E-state index contributed by atoms with van der Waals surface area (Å²) in [6.07, 6.45) is 2.22. The molecule has 2 unspecified atom stereocenters. The van der Waals surface area contributed by atoms with Crippen molar-refractivity contribution in [2.75, 3.05) is 33.4 Å². The third-order valence-electron chi connectivity index (χ3n) is 3.93. The van der Waals surface area contributed by atoms with Crippen LogP contribution in [0.2, 0.25) is 0 Å². The van der Waals surface area contributed by atoms with E-state index in [1.807, 2.05) is 7.05 Å². The molecule has 0 amide bonds. The maximum absolute atomic E-state index is 5.73. The number of rotatable bonds is 10. The lowest BCUT2D eigenvalue weighted by atomic mass is 9.87. The van der Waals surface area contributed by atoms with E-state index < -0.39 is 0 Å². The number of hydrogen-bond acceptors (Lipinski definition) is 3. The molecular formula is C14H32N2O. The topological polar surface area (TPSA) is 24.5 Å². The Morgan fingerprint density at radius 3 is 2.12 bits per heavy atom. The third-order valence-corrected chi connectivity index (χ3v) is 3.93. The van der Waals surface area contributed by atoms with Crippen LogP contribution in [0.1, 0.15) is 47.5 Å². The lowest BCUT2D eigenvalue weighted by Crippen LogP contribution is -2.60. The molecule has 0 aromatic rings. The summed E-state index contributed by atoms with van der Waals surface area (Å²) in [4.78, 5) is 2.53. The highest BCUT2D eigenvalue weighted by Crippen LogP contribution is 2.23. The Labute approximate surface area is 108 Å². The fourth-order valence-electron chi connectivity index (χ4n) is 2.56. The van der Waals surface area contributed by atoms with Crippen molar-refractivity contribution < 1.29 is 4.74 Å². The molecule has 0 saturated carbocycles. The Hall–Kier alpha value is -0.120. The predicted molar refractivity (Wildman–Crippen MR) is 75.6 cm³/mol. The van der Waals surface area contributed by atoms with Gasteiger partial charge < -0.3 is 10.1 Å². The molecule has 3 nitrogen and oxygen atoms in total. The molecule has 0 aromatic heterocycles. The quantitative estimate of drug-likeness (QED) is 0.598. The molecule has 0 aromatic carbocycles. The van der Waals surface area contributed by atoms with Gasteiger partial charge in [0.15, 0.2) is 0 Å². The second-order valence-corrected chi connectivity index (χ2v) is 4.80. The highest BCUT2D eigenvalue weighted by molar-refractivity contribution is 4.95. The third kappa shape index (κ3) is 4.57. The summed E-state index contributed by atoms with van der Waals surface area (Å²) in [5.74, 6) is 0. The first-order chi connectivity index (χ1) is 8.10. The molecule has 0 aliphatic carbocycles. The van der Waals surface area contributed by atoms with E-state index in [9.17, 15) is 0 Å². The molecule has 0 saturated heterocycles. The van der Waals surface area contributed by atoms with Crippen LogP contribution >= 0.6 is 0 Å². The standard InChI is InChI=1S/C14H32N2O/c1-7-11-17-12-13(15-6)14(5,8-2)16(9-3)10-4/h13,15H,7-12H2,1-6H3. The minimum Gasteiger partial charge on any atom is -0.380 e. The molecule has 0 aliphatic rings. The number of likely N-dealkylation sites (N-methyl/N-ethyl adjacent to an activating group) is 2. The first-order valence-corrected chi connectivity index (χ1v) is 7.10. The summed E-state index contributed by atoms with van der Waals surface area (Å²) < 4.78 is 5.73. The van der Waals surface area contributed by atoms with E-state index >= 15 is 0 Å². The monoisotopic (exact) mass is 244 g/mol. The van der Waals surface area contributed by atoms with Gasteiger partial charge in [-0.05, 0) is 39.9 Å². The molecule has 104 valence electrons. The molecule has 0 radical (unpaired) electrons. The smallest absolute Gasteiger partial charge is 0.0637 e. The summed E-state index contributed by atoms with van der Waals surface area (Å²) in [5.41, 5.74) is 0.173. The van der Waals surface area contributed by atoms with E-state index in [0.717, 1.165) is 39.1 Å². The van der Waals surface area contributed by atoms with Gasteiger partial charge in [0.05, 0.1) is 6.61 Å². The molecule has 0 bridgehead atoms. The fourth-order valence-corrected chi connectivity index (χ4v) is 2.56. The maximum atomic E-state index is 5.73. The van der Waals surface area contributed by atoms with Crippen LogP contribution in [0.25, 0.3) is 0 Å².